The number of aliphatic hydroxyl groups excluding tert-OH is 1. The van der Waals surface area contributed by atoms with Gasteiger partial charge in [0.2, 0.25) is 5.91 Å². The number of carbonyl (C=O) groups is 1. The molecule has 0 saturated carbocycles. The van der Waals surface area contributed by atoms with Crippen LogP contribution in [0.3, 0.4) is 0 Å². The Morgan fingerprint density at radius 1 is 1.35 bits per heavy atom. The highest BCUT2D eigenvalue weighted by Gasteiger charge is 2.16. The second-order valence-corrected chi connectivity index (χ2v) is 6.40. The van der Waals surface area contributed by atoms with E-state index in [2.05, 4.69) is 5.32 Å². The fourth-order valence-corrected chi connectivity index (χ4v) is 2.81. The summed E-state index contributed by atoms with van der Waals surface area (Å²) in [5.41, 5.74) is 0. The van der Waals surface area contributed by atoms with Gasteiger partial charge in [0, 0.05) is 20.1 Å². The van der Waals surface area contributed by atoms with Crippen LogP contribution in [0.2, 0.25) is 0 Å². The van der Waals surface area contributed by atoms with Crippen LogP contribution in [0.5, 0.6) is 0 Å². The summed E-state index contributed by atoms with van der Waals surface area (Å²) < 4.78 is 28.6. The first-order valence-electron chi connectivity index (χ1n) is 6.17. The lowest BCUT2D eigenvalue weighted by Crippen LogP contribution is -2.35. The van der Waals surface area contributed by atoms with Crippen LogP contribution >= 0.6 is 0 Å². The van der Waals surface area contributed by atoms with Gasteiger partial charge >= 0.3 is 0 Å². The molecule has 0 heterocycles. The van der Waals surface area contributed by atoms with Crippen LogP contribution < -0.4 is 5.32 Å². The Balaban J connectivity index is 2.41. The van der Waals surface area contributed by atoms with Gasteiger partial charge in [-0.2, -0.15) is 0 Å². The van der Waals surface area contributed by atoms with Gasteiger partial charge in [-0.25, -0.2) is 8.42 Å². The molecule has 112 valence electrons. The largest absolute Gasteiger partial charge is 0.389 e. The molecule has 1 rings (SSSR count). The smallest absolute Gasteiger partial charge is 0.221 e. The average Bonchev–Trinajstić information content (AvgIpc) is 2.44. The van der Waals surface area contributed by atoms with Gasteiger partial charge in [0.15, 0.2) is 9.84 Å². The van der Waals surface area contributed by atoms with E-state index in [0.717, 1.165) is 0 Å². The molecular weight excluding hydrogens is 282 g/mol. The average molecular weight is 301 g/mol. The molecule has 0 radical (unpaired) electrons. The Hall–Kier alpha value is -1.44. The van der Waals surface area contributed by atoms with E-state index >= 15 is 0 Å². The highest BCUT2D eigenvalue weighted by atomic mass is 32.2. The predicted octanol–water partition coefficient (Wildman–Crippen LogP) is -0.0261. The van der Waals surface area contributed by atoms with Crippen molar-refractivity contribution in [3.63, 3.8) is 0 Å². The SMILES string of the molecule is COCC(O)CNC(=O)CCS(=O)(=O)c1ccccc1. The van der Waals surface area contributed by atoms with E-state index in [9.17, 15) is 18.3 Å². The van der Waals surface area contributed by atoms with E-state index < -0.39 is 21.8 Å². The van der Waals surface area contributed by atoms with Gasteiger partial charge in [-0.1, -0.05) is 18.2 Å². The first-order valence-corrected chi connectivity index (χ1v) is 7.82. The number of nitrogens with one attached hydrogen (secondary N) is 1. The molecule has 1 amide bonds. The van der Waals surface area contributed by atoms with Crippen LogP contribution in [0.25, 0.3) is 0 Å². The summed E-state index contributed by atoms with van der Waals surface area (Å²) in [4.78, 5) is 11.7. The van der Waals surface area contributed by atoms with Crippen molar-refractivity contribution in [3.05, 3.63) is 30.3 Å². The molecule has 0 aromatic heterocycles. The lowest BCUT2D eigenvalue weighted by Gasteiger charge is -2.10. The summed E-state index contributed by atoms with van der Waals surface area (Å²) in [5, 5.41) is 11.8. The molecular formula is C13H19NO5S. The highest BCUT2D eigenvalue weighted by molar-refractivity contribution is 7.91. The van der Waals surface area contributed by atoms with Crippen LogP contribution in [0.1, 0.15) is 6.42 Å². The number of amides is 1. The van der Waals surface area contributed by atoms with Crippen molar-refractivity contribution in [2.24, 2.45) is 0 Å². The summed E-state index contributed by atoms with van der Waals surface area (Å²) in [7, 11) is -2.01. The van der Waals surface area contributed by atoms with E-state index in [1.54, 1.807) is 18.2 Å². The minimum absolute atomic E-state index is 0.0397. The summed E-state index contributed by atoms with van der Waals surface area (Å²) in [6.45, 7) is 0.153. The summed E-state index contributed by atoms with van der Waals surface area (Å²) in [6, 6.07) is 7.98. The zero-order valence-electron chi connectivity index (χ0n) is 11.3. The molecule has 2 N–H and O–H groups in total. The van der Waals surface area contributed by atoms with Gasteiger partial charge in [-0.3, -0.25) is 4.79 Å². The summed E-state index contributed by atoms with van der Waals surface area (Å²) in [5.74, 6) is -0.678. The maximum absolute atomic E-state index is 11.9. The van der Waals surface area contributed by atoms with Crippen LogP contribution in [0.15, 0.2) is 35.2 Å². The molecule has 0 aliphatic rings. The number of benzene rings is 1. The molecule has 0 saturated heterocycles. The molecule has 0 aliphatic heterocycles. The fraction of sp³-hybridized carbons (Fsp3) is 0.462. The van der Waals surface area contributed by atoms with Crippen molar-refractivity contribution in [1.82, 2.24) is 5.32 Å². The first-order chi connectivity index (χ1) is 9.45. The van der Waals surface area contributed by atoms with Crippen LogP contribution in [0, 0.1) is 0 Å². The monoisotopic (exact) mass is 301 g/mol. The number of hydrogen-bond donors (Lipinski definition) is 2. The second-order valence-electron chi connectivity index (χ2n) is 4.30. The molecule has 0 aliphatic carbocycles. The molecule has 0 fully saturated rings. The van der Waals surface area contributed by atoms with E-state index in [1.165, 1.54) is 19.2 Å². The molecule has 1 atom stereocenters. The maximum Gasteiger partial charge on any atom is 0.221 e. The Morgan fingerprint density at radius 2 is 2.00 bits per heavy atom. The van der Waals surface area contributed by atoms with Crippen molar-refractivity contribution in [2.75, 3.05) is 26.0 Å². The zero-order valence-corrected chi connectivity index (χ0v) is 12.1. The van der Waals surface area contributed by atoms with Crippen LogP contribution in [-0.2, 0) is 19.4 Å². The highest BCUT2D eigenvalue weighted by Crippen LogP contribution is 2.10. The van der Waals surface area contributed by atoms with Gasteiger partial charge in [0.1, 0.15) is 0 Å². The third-order valence-electron chi connectivity index (χ3n) is 2.59. The minimum Gasteiger partial charge on any atom is -0.389 e. The van der Waals surface area contributed by atoms with Gasteiger partial charge in [-0.05, 0) is 12.1 Å². The predicted molar refractivity (Wildman–Crippen MR) is 74.0 cm³/mol. The molecule has 6 nitrogen and oxygen atoms in total. The quantitative estimate of drug-likeness (QED) is 0.703. The number of aliphatic hydroxyl groups is 1. The molecule has 7 heteroatoms. The van der Waals surface area contributed by atoms with Crippen LogP contribution in [-0.4, -0.2) is 51.5 Å². The van der Waals surface area contributed by atoms with Crippen molar-refractivity contribution >= 4 is 15.7 Å². The van der Waals surface area contributed by atoms with Crippen LogP contribution in [0.4, 0.5) is 0 Å². The van der Waals surface area contributed by atoms with Gasteiger partial charge in [-0.15, -0.1) is 0 Å². The van der Waals surface area contributed by atoms with Gasteiger partial charge in [0.05, 0.1) is 23.4 Å². The normalized spacial score (nSPS) is 12.9. The number of carbonyl (C=O) groups excluding carboxylic acids is 1. The summed E-state index contributed by atoms with van der Waals surface area (Å²) >= 11 is 0. The first kappa shape index (κ1) is 16.6. The third kappa shape index (κ3) is 5.68. The number of methoxy groups -OCH3 is 1. The zero-order chi connectivity index (χ0) is 15.0. The van der Waals surface area contributed by atoms with Gasteiger partial charge < -0.3 is 15.2 Å². The molecule has 1 aromatic carbocycles. The standard InChI is InChI=1S/C13H19NO5S/c1-19-10-11(15)9-14-13(16)7-8-20(17,18)12-5-3-2-4-6-12/h2-6,11,15H,7-10H2,1H3,(H,14,16). The Kier molecular flexibility index (Phi) is 6.63. The van der Waals surface area contributed by atoms with Crippen molar-refractivity contribution in [1.29, 1.82) is 0 Å². The summed E-state index contributed by atoms with van der Waals surface area (Å²) in [6.07, 6.45) is -0.939. The van der Waals surface area contributed by atoms with E-state index in [1.807, 2.05) is 0 Å². The number of rotatable bonds is 8. The second kappa shape index (κ2) is 7.98. The lowest BCUT2D eigenvalue weighted by molar-refractivity contribution is -0.121. The topological polar surface area (TPSA) is 92.7 Å². The van der Waals surface area contributed by atoms with Crippen molar-refractivity contribution in [2.45, 2.75) is 17.4 Å². The molecule has 1 aromatic rings. The molecule has 0 spiro atoms. The Labute approximate surface area is 118 Å². The fourth-order valence-electron chi connectivity index (χ4n) is 1.54. The Morgan fingerprint density at radius 3 is 2.60 bits per heavy atom. The van der Waals surface area contributed by atoms with Crippen molar-refractivity contribution < 1.29 is 23.1 Å². The molecule has 20 heavy (non-hydrogen) atoms. The number of sulfone groups is 1. The minimum atomic E-state index is -3.45. The third-order valence-corrected chi connectivity index (χ3v) is 4.33. The maximum atomic E-state index is 11.9. The number of hydrogen-bond acceptors (Lipinski definition) is 5. The van der Waals surface area contributed by atoms with Crippen molar-refractivity contribution in [3.8, 4) is 0 Å². The number of ether oxygens (including phenoxy) is 1. The Bertz CT molecular complexity index is 515. The lowest BCUT2D eigenvalue weighted by atomic mass is 10.3. The molecule has 0 bridgehead atoms. The van der Waals surface area contributed by atoms with Gasteiger partial charge in [0.25, 0.3) is 0 Å². The molecule has 1 unspecified atom stereocenters. The van der Waals surface area contributed by atoms with E-state index in [0.29, 0.717) is 0 Å². The van der Waals surface area contributed by atoms with E-state index in [-0.39, 0.29) is 30.2 Å². The van der Waals surface area contributed by atoms with E-state index in [4.69, 9.17) is 4.74 Å².